The van der Waals surface area contributed by atoms with Crippen LogP contribution in [-0.4, -0.2) is 42.1 Å². The number of nitrogens with zero attached hydrogens (tertiary/aromatic N) is 1. The molecule has 7 heteroatoms. The number of carbonyl (C=O) groups excluding carboxylic acids is 1. The molecule has 0 aliphatic carbocycles. The standard InChI is InChI=1S/C13H16BrNO4S/c1-7-9(14)6-10(20-7)12-8(13(17)18)5-11(16)15(12)3-4-19-2/h6,8,12H,3-5H2,1-2H3,(H,17,18). The third kappa shape index (κ3) is 2.89. The topological polar surface area (TPSA) is 66.8 Å². The van der Waals surface area contributed by atoms with Crippen LogP contribution in [0, 0.1) is 12.8 Å². The smallest absolute Gasteiger partial charge is 0.309 e. The van der Waals surface area contributed by atoms with Gasteiger partial charge in [0.1, 0.15) is 0 Å². The molecule has 1 saturated heterocycles. The normalized spacial score (nSPS) is 22.6. The van der Waals surface area contributed by atoms with Gasteiger partial charge in [-0.05, 0) is 28.9 Å². The van der Waals surface area contributed by atoms with Crippen LogP contribution in [0.3, 0.4) is 0 Å². The molecule has 5 nitrogen and oxygen atoms in total. The van der Waals surface area contributed by atoms with Gasteiger partial charge < -0.3 is 14.7 Å². The molecule has 0 bridgehead atoms. The Balaban J connectivity index is 2.35. The number of carboxylic acids is 1. The molecule has 1 aromatic heterocycles. The number of carboxylic acid groups (broad SMARTS) is 1. The highest BCUT2D eigenvalue weighted by Gasteiger charge is 2.45. The van der Waals surface area contributed by atoms with Gasteiger partial charge in [0.15, 0.2) is 0 Å². The van der Waals surface area contributed by atoms with Gasteiger partial charge in [0.2, 0.25) is 5.91 Å². The fourth-order valence-corrected chi connectivity index (χ4v) is 4.18. The highest BCUT2D eigenvalue weighted by Crippen LogP contribution is 2.42. The molecule has 2 rings (SSSR count). The summed E-state index contributed by atoms with van der Waals surface area (Å²) in [6.45, 7) is 2.78. The van der Waals surface area contributed by atoms with E-state index < -0.39 is 17.9 Å². The van der Waals surface area contributed by atoms with Crippen LogP contribution in [0.2, 0.25) is 0 Å². The van der Waals surface area contributed by atoms with Gasteiger partial charge in [-0.2, -0.15) is 0 Å². The van der Waals surface area contributed by atoms with Crippen molar-refractivity contribution in [2.75, 3.05) is 20.3 Å². The molecular weight excluding hydrogens is 346 g/mol. The molecule has 0 aromatic carbocycles. The van der Waals surface area contributed by atoms with Crippen LogP contribution in [0.4, 0.5) is 0 Å². The van der Waals surface area contributed by atoms with Crippen molar-refractivity contribution in [3.63, 3.8) is 0 Å². The number of thiophene rings is 1. The van der Waals surface area contributed by atoms with E-state index in [1.54, 1.807) is 12.0 Å². The first-order valence-electron chi connectivity index (χ1n) is 6.22. The number of amides is 1. The maximum atomic E-state index is 12.1. The van der Waals surface area contributed by atoms with Crippen molar-refractivity contribution < 1.29 is 19.4 Å². The molecule has 2 atom stereocenters. The van der Waals surface area contributed by atoms with Crippen LogP contribution in [0.1, 0.15) is 22.2 Å². The van der Waals surface area contributed by atoms with Crippen molar-refractivity contribution in [3.8, 4) is 0 Å². The Morgan fingerprint density at radius 1 is 1.65 bits per heavy atom. The Bertz CT molecular complexity index is 511. The number of halogens is 1. The van der Waals surface area contributed by atoms with Crippen LogP contribution in [0.5, 0.6) is 0 Å². The minimum Gasteiger partial charge on any atom is -0.481 e. The van der Waals surface area contributed by atoms with Crippen molar-refractivity contribution in [1.82, 2.24) is 4.90 Å². The number of ether oxygens (including phenoxy) is 1. The Hall–Kier alpha value is -0.920. The van der Waals surface area contributed by atoms with Crippen molar-refractivity contribution >= 4 is 39.1 Å². The van der Waals surface area contributed by atoms with Gasteiger partial charge in [-0.3, -0.25) is 9.59 Å². The lowest BCUT2D eigenvalue weighted by molar-refractivity contribution is -0.142. The Kier molecular flexibility index (Phi) is 4.82. The van der Waals surface area contributed by atoms with Crippen LogP contribution in [0.25, 0.3) is 0 Å². The molecule has 1 aliphatic heterocycles. The molecule has 1 aliphatic rings. The quantitative estimate of drug-likeness (QED) is 0.874. The average molecular weight is 362 g/mol. The average Bonchev–Trinajstić information content (AvgIpc) is 2.88. The first-order chi connectivity index (χ1) is 9.45. The number of carbonyl (C=O) groups is 2. The number of likely N-dealkylation sites (tertiary alicyclic amines) is 1. The van der Waals surface area contributed by atoms with E-state index in [0.29, 0.717) is 13.2 Å². The molecule has 110 valence electrons. The molecule has 2 heterocycles. The first kappa shape index (κ1) is 15.5. The third-order valence-electron chi connectivity index (χ3n) is 3.45. The van der Waals surface area contributed by atoms with Gasteiger partial charge in [0.05, 0.1) is 18.6 Å². The Morgan fingerprint density at radius 2 is 2.35 bits per heavy atom. The van der Waals surface area contributed by atoms with E-state index in [0.717, 1.165) is 14.2 Å². The van der Waals surface area contributed by atoms with Gasteiger partial charge >= 0.3 is 5.97 Å². The second kappa shape index (κ2) is 6.24. The third-order valence-corrected chi connectivity index (χ3v) is 5.66. The first-order valence-corrected chi connectivity index (χ1v) is 7.83. The summed E-state index contributed by atoms with van der Waals surface area (Å²) < 4.78 is 5.97. The van der Waals surface area contributed by atoms with Gasteiger partial charge in [0.25, 0.3) is 0 Å². The van der Waals surface area contributed by atoms with Crippen LogP contribution in [0.15, 0.2) is 10.5 Å². The van der Waals surface area contributed by atoms with Crippen LogP contribution in [-0.2, 0) is 14.3 Å². The van der Waals surface area contributed by atoms with Crippen molar-refractivity contribution in [1.29, 1.82) is 0 Å². The largest absolute Gasteiger partial charge is 0.481 e. The number of hydrogen-bond donors (Lipinski definition) is 1. The lowest BCUT2D eigenvalue weighted by Gasteiger charge is -2.25. The van der Waals surface area contributed by atoms with E-state index in [4.69, 9.17) is 4.74 Å². The van der Waals surface area contributed by atoms with Gasteiger partial charge in [-0.25, -0.2) is 0 Å². The minimum atomic E-state index is -0.926. The Labute approximate surface area is 129 Å². The van der Waals surface area contributed by atoms with Crippen molar-refractivity contribution in [2.24, 2.45) is 5.92 Å². The van der Waals surface area contributed by atoms with E-state index in [9.17, 15) is 14.7 Å². The predicted octanol–water partition coefficient (Wildman–Crippen LogP) is 2.44. The molecular formula is C13H16BrNO4S. The van der Waals surface area contributed by atoms with E-state index in [1.807, 2.05) is 13.0 Å². The summed E-state index contributed by atoms with van der Waals surface area (Å²) in [5.74, 6) is -1.74. The summed E-state index contributed by atoms with van der Waals surface area (Å²) in [7, 11) is 1.57. The molecule has 1 aromatic rings. The fourth-order valence-electron chi connectivity index (χ4n) is 2.44. The second-order valence-corrected chi connectivity index (χ2v) is 6.87. The van der Waals surface area contributed by atoms with Crippen LogP contribution >= 0.6 is 27.3 Å². The summed E-state index contributed by atoms with van der Waals surface area (Å²) in [6.07, 6.45) is 0.0539. The molecule has 0 radical (unpaired) electrons. The van der Waals surface area contributed by atoms with E-state index in [-0.39, 0.29) is 12.3 Å². The molecule has 1 amide bonds. The monoisotopic (exact) mass is 361 g/mol. The van der Waals surface area contributed by atoms with Gasteiger partial charge in [-0.1, -0.05) is 0 Å². The maximum Gasteiger partial charge on any atom is 0.309 e. The van der Waals surface area contributed by atoms with Gasteiger partial charge in [-0.15, -0.1) is 11.3 Å². The molecule has 0 spiro atoms. The highest BCUT2D eigenvalue weighted by molar-refractivity contribution is 9.10. The molecule has 0 saturated carbocycles. The van der Waals surface area contributed by atoms with Crippen molar-refractivity contribution in [3.05, 3.63) is 20.3 Å². The number of aryl methyl sites for hydroxylation is 1. The zero-order valence-electron chi connectivity index (χ0n) is 11.3. The number of rotatable bonds is 5. The number of aliphatic carboxylic acids is 1. The lowest BCUT2D eigenvalue weighted by atomic mass is 9.99. The summed E-state index contributed by atoms with van der Waals surface area (Å²) in [5, 5.41) is 9.36. The summed E-state index contributed by atoms with van der Waals surface area (Å²) in [6, 6.07) is 1.52. The van der Waals surface area contributed by atoms with E-state index in [1.165, 1.54) is 11.3 Å². The lowest BCUT2D eigenvalue weighted by Crippen LogP contribution is -2.32. The number of methoxy groups -OCH3 is 1. The molecule has 1 fully saturated rings. The second-order valence-electron chi connectivity index (χ2n) is 4.73. The summed E-state index contributed by atoms with van der Waals surface area (Å²) in [4.78, 5) is 27.1. The molecule has 2 unspecified atom stereocenters. The number of hydrogen-bond acceptors (Lipinski definition) is 4. The van der Waals surface area contributed by atoms with Gasteiger partial charge in [0, 0.05) is 34.3 Å². The minimum absolute atomic E-state index is 0.0539. The van der Waals surface area contributed by atoms with E-state index in [2.05, 4.69) is 15.9 Å². The highest BCUT2D eigenvalue weighted by atomic mass is 79.9. The fraction of sp³-hybridized carbons (Fsp3) is 0.538. The molecule has 20 heavy (non-hydrogen) atoms. The predicted molar refractivity (Wildman–Crippen MR) is 78.8 cm³/mol. The zero-order chi connectivity index (χ0) is 14.9. The van der Waals surface area contributed by atoms with E-state index >= 15 is 0 Å². The van der Waals surface area contributed by atoms with Crippen molar-refractivity contribution in [2.45, 2.75) is 19.4 Å². The molecule has 1 N–H and O–H groups in total. The summed E-state index contributed by atoms with van der Waals surface area (Å²) >= 11 is 4.97. The SMILES string of the molecule is COCCN1C(=O)CC(C(=O)O)C1c1cc(Br)c(C)s1. The maximum absolute atomic E-state index is 12.1. The zero-order valence-corrected chi connectivity index (χ0v) is 13.7. The Morgan fingerprint density at radius 3 is 2.85 bits per heavy atom. The summed E-state index contributed by atoms with van der Waals surface area (Å²) in [5.41, 5.74) is 0. The van der Waals surface area contributed by atoms with Crippen LogP contribution < -0.4 is 0 Å².